The molecule has 1 aliphatic heterocycles. The fourth-order valence-corrected chi connectivity index (χ4v) is 6.89. The molecule has 2 atom stereocenters. The van der Waals surface area contributed by atoms with Gasteiger partial charge in [-0.1, -0.05) is 80.1 Å². The number of benzene rings is 2. The van der Waals surface area contributed by atoms with Crippen LogP contribution in [0.15, 0.2) is 77.8 Å². The lowest BCUT2D eigenvalue weighted by Crippen LogP contribution is -2.61. The predicted octanol–water partition coefficient (Wildman–Crippen LogP) is 6.81. The lowest BCUT2D eigenvalue weighted by atomic mass is 10.0. The number of rotatable bonds is 13. The van der Waals surface area contributed by atoms with E-state index in [1.807, 2.05) is 61.0 Å². The summed E-state index contributed by atoms with van der Waals surface area (Å²) in [5.74, 6) is 0.165. The van der Waals surface area contributed by atoms with Crippen molar-refractivity contribution in [2.24, 2.45) is 0 Å². The molecule has 278 valence electrons. The van der Waals surface area contributed by atoms with E-state index in [2.05, 4.69) is 58.4 Å². The highest BCUT2D eigenvalue weighted by molar-refractivity contribution is 7.09. The zero-order valence-electron chi connectivity index (χ0n) is 30.3. The van der Waals surface area contributed by atoms with Crippen molar-refractivity contribution < 1.29 is 22.0 Å². The quantitative estimate of drug-likeness (QED) is 0.145. The van der Waals surface area contributed by atoms with Crippen LogP contribution in [0.1, 0.15) is 62.2 Å². The zero-order chi connectivity index (χ0) is 36.6. The Labute approximate surface area is 313 Å². The number of hydrogen-bond acceptors (Lipinski definition) is 9. The third kappa shape index (κ3) is 13.4. The van der Waals surface area contributed by atoms with E-state index < -0.39 is 12.1 Å². The Hall–Kier alpha value is -4.33. The third-order valence-corrected chi connectivity index (χ3v) is 10.3. The van der Waals surface area contributed by atoms with Crippen molar-refractivity contribution in [2.75, 3.05) is 40.3 Å². The van der Waals surface area contributed by atoms with E-state index in [0.29, 0.717) is 57.9 Å². The molecule has 4 aromatic rings. The third-order valence-electron chi connectivity index (χ3n) is 8.37. The summed E-state index contributed by atoms with van der Waals surface area (Å²) in [7, 11) is 3.72. The van der Waals surface area contributed by atoms with Crippen molar-refractivity contribution in [3.05, 3.63) is 104 Å². The second-order valence-corrected chi connectivity index (χ2v) is 15.0. The molecule has 0 unspecified atom stereocenters. The average Bonchev–Trinajstić information content (AvgIpc) is 3.83. The molecule has 0 bridgehead atoms. The van der Waals surface area contributed by atoms with Gasteiger partial charge < -0.3 is 30.1 Å². The number of aromatic nitrogens is 2. The maximum Gasteiger partial charge on any atom is 0.407 e. The number of amides is 4. The van der Waals surface area contributed by atoms with Gasteiger partial charge in [0.15, 0.2) is 0 Å². The Morgan fingerprint density at radius 2 is 1.78 bits per heavy atom. The van der Waals surface area contributed by atoms with Crippen molar-refractivity contribution in [1.82, 2.24) is 35.3 Å². The van der Waals surface area contributed by atoms with Crippen molar-refractivity contribution in [2.45, 2.75) is 71.2 Å². The Bertz CT molecular complexity index is 1630. The normalized spacial score (nSPS) is 15.0. The first-order chi connectivity index (χ1) is 24.6. The van der Waals surface area contributed by atoms with Gasteiger partial charge in [0.2, 0.25) is 5.91 Å². The van der Waals surface area contributed by atoms with Gasteiger partial charge in [-0.2, -0.15) is 0 Å². The fraction of sp³-hybridized carbons (Fsp3) is 0.447. The molecule has 1 aliphatic rings. The summed E-state index contributed by atoms with van der Waals surface area (Å²) < 4.78 is 5.39. The molecule has 3 heterocycles. The van der Waals surface area contributed by atoms with Gasteiger partial charge >= 0.3 is 12.1 Å². The van der Waals surface area contributed by atoms with Gasteiger partial charge in [-0.25, -0.2) is 14.6 Å². The van der Waals surface area contributed by atoms with Crippen LogP contribution in [0.3, 0.4) is 0 Å². The van der Waals surface area contributed by atoms with E-state index in [1.165, 1.54) is 16.9 Å². The molecule has 1 saturated heterocycles. The number of urea groups is 1. The number of thiazole rings is 2. The summed E-state index contributed by atoms with van der Waals surface area (Å²) in [6.07, 6.45) is 3.14. The minimum Gasteiger partial charge on any atom is -0.444 e. The second-order valence-electron chi connectivity index (χ2n) is 13.1. The number of hydrogen-bond donors (Lipinski definition) is 2. The number of carbonyl (C=O) groups excluding carboxylic acids is 3. The maximum absolute atomic E-state index is 13.5. The number of nitrogens with zero attached hydrogens (tertiary/aromatic N) is 5. The summed E-state index contributed by atoms with van der Waals surface area (Å²) in [5, 5.41) is 9.07. The van der Waals surface area contributed by atoms with E-state index >= 15 is 0 Å². The molecule has 5 rings (SSSR count). The molecule has 51 heavy (non-hydrogen) atoms. The molecule has 0 spiro atoms. The summed E-state index contributed by atoms with van der Waals surface area (Å²) in [6, 6.07) is 19.3. The Morgan fingerprint density at radius 1 is 1.06 bits per heavy atom. The predicted molar refractivity (Wildman–Crippen MR) is 208 cm³/mol. The standard InChI is InChI=1S/C31H43N7O4S2.C7H8.2H2/c1-22(2)29-34-25(20-43-29)17-37(4)31(41)38-14-13-36(3)18-27(38)28(39)33-12-8-11-24(15-23-9-6-5-7-10-23)35-30(40)42-19-26-16-32-21-44-26;1-7-5-3-2-4-6-7;;/h5-7,9-10,16,20-22,24,27H,8,11-15,17-19H2,1-4H3,(H,33,39)(H,35,40);2-6H,1H3;2*1H/t24-,27+;;;/m1.../s1. The first-order valence-corrected chi connectivity index (χ1v) is 19.1. The highest BCUT2D eigenvalue weighted by Crippen LogP contribution is 2.21. The van der Waals surface area contributed by atoms with Gasteiger partial charge in [-0.3, -0.25) is 9.78 Å². The molecular weight excluding hydrogens is 683 g/mol. The molecule has 2 aromatic heterocycles. The van der Waals surface area contributed by atoms with E-state index in [0.717, 1.165) is 21.1 Å². The van der Waals surface area contributed by atoms with Crippen molar-refractivity contribution in [3.8, 4) is 0 Å². The number of carbonyl (C=O) groups is 3. The molecule has 11 nitrogen and oxygen atoms in total. The molecule has 1 fully saturated rings. The van der Waals surface area contributed by atoms with Crippen LogP contribution >= 0.6 is 22.7 Å². The lowest BCUT2D eigenvalue weighted by molar-refractivity contribution is -0.127. The van der Waals surface area contributed by atoms with E-state index in [1.54, 1.807) is 39.9 Å². The number of ether oxygens (including phenoxy) is 1. The number of alkyl carbamates (subject to hydrolysis) is 1. The molecule has 13 heteroatoms. The van der Waals surface area contributed by atoms with Gasteiger partial charge in [-0.05, 0) is 38.8 Å². The fourth-order valence-electron chi connectivity index (χ4n) is 5.56. The van der Waals surface area contributed by atoms with Crippen LogP contribution in [0.4, 0.5) is 9.59 Å². The molecule has 0 saturated carbocycles. The minimum absolute atomic E-state index is 0. The molecule has 0 aliphatic carbocycles. The second kappa shape index (κ2) is 20.5. The monoisotopic (exact) mass is 737 g/mol. The molecule has 2 N–H and O–H groups in total. The van der Waals surface area contributed by atoms with Crippen molar-refractivity contribution >= 4 is 40.7 Å². The molecule has 2 aromatic carbocycles. The van der Waals surface area contributed by atoms with E-state index in [4.69, 9.17) is 4.74 Å². The number of likely N-dealkylation sites (N-methyl/N-ethyl adjacent to an activating group) is 1. The maximum atomic E-state index is 13.5. The highest BCUT2D eigenvalue weighted by Gasteiger charge is 2.35. The van der Waals surface area contributed by atoms with Crippen LogP contribution in [-0.2, 0) is 29.1 Å². The first kappa shape index (κ1) is 39.5. The number of nitrogens with one attached hydrogen (secondary N) is 2. The van der Waals surface area contributed by atoms with E-state index in [9.17, 15) is 14.4 Å². The molecule has 4 amide bonds. The van der Waals surface area contributed by atoms with Crippen LogP contribution in [0, 0.1) is 6.92 Å². The highest BCUT2D eigenvalue weighted by atomic mass is 32.1. The Balaban J connectivity index is 0.000000967. The van der Waals surface area contributed by atoms with Crippen LogP contribution in [0.5, 0.6) is 0 Å². The average molecular weight is 738 g/mol. The summed E-state index contributed by atoms with van der Waals surface area (Å²) in [5.41, 5.74) is 4.98. The minimum atomic E-state index is -0.592. The van der Waals surface area contributed by atoms with E-state index in [-0.39, 0.29) is 27.4 Å². The SMILES string of the molecule is CC(C)c1nc(CN(C)C(=O)N2CCN(C)C[C@H]2C(=O)NCCC[C@H](Cc2ccccc2)NC(=O)OCc2cncs2)cs1.Cc1ccccc1.[HH].[HH]. The van der Waals surface area contributed by atoms with Crippen molar-refractivity contribution in [1.29, 1.82) is 0 Å². The van der Waals surface area contributed by atoms with Gasteiger partial charge in [0.25, 0.3) is 0 Å². The summed E-state index contributed by atoms with van der Waals surface area (Å²) in [6.45, 7) is 8.91. The van der Waals surface area contributed by atoms with Crippen LogP contribution in [0.25, 0.3) is 0 Å². The Morgan fingerprint density at radius 3 is 2.41 bits per heavy atom. The molecule has 0 radical (unpaired) electrons. The van der Waals surface area contributed by atoms with Crippen molar-refractivity contribution in [3.63, 3.8) is 0 Å². The Kier molecular flexibility index (Phi) is 15.9. The van der Waals surface area contributed by atoms with Gasteiger partial charge in [0.05, 0.1) is 27.6 Å². The lowest BCUT2D eigenvalue weighted by Gasteiger charge is -2.40. The topological polar surface area (TPSA) is 120 Å². The van der Waals surface area contributed by atoms with Gasteiger partial charge in [-0.15, -0.1) is 22.7 Å². The molecular formula is C38H55N7O4S2. The van der Waals surface area contributed by atoms with Crippen LogP contribution in [0.2, 0.25) is 0 Å². The number of piperazine rings is 1. The van der Waals surface area contributed by atoms with Gasteiger partial charge in [0.1, 0.15) is 12.6 Å². The zero-order valence-corrected chi connectivity index (χ0v) is 31.9. The number of aryl methyl sites for hydroxylation is 1. The summed E-state index contributed by atoms with van der Waals surface area (Å²) in [4.78, 5) is 54.3. The largest absolute Gasteiger partial charge is 0.444 e. The smallest absolute Gasteiger partial charge is 0.407 e. The first-order valence-electron chi connectivity index (χ1n) is 17.4. The van der Waals surface area contributed by atoms with Crippen LogP contribution in [-0.4, -0.2) is 95.1 Å². The van der Waals surface area contributed by atoms with Gasteiger partial charge in [0, 0.05) is 59.6 Å². The summed E-state index contributed by atoms with van der Waals surface area (Å²) >= 11 is 3.04. The van der Waals surface area contributed by atoms with Crippen LogP contribution < -0.4 is 10.6 Å².